The van der Waals surface area contributed by atoms with Crippen molar-refractivity contribution < 1.29 is 9.90 Å². The van der Waals surface area contributed by atoms with Gasteiger partial charge in [0, 0.05) is 17.5 Å². The van der Waals surface area contributed by atoms with E-state index in [9.17, 15) is 9.90 Å². The van der Waals surface area contributed by atoms with Gasteiger partial charge < -0.3 is 15.7 Å². The minimum absolute atomic E-state index is 0.226. The van der Waals surface area contributed by atoms with Gasteiger partial charge in [-0.15, -0.1) is 11.3 Å². The predicted molar refractivity (Wildman–Crippen MR) is 132 cm³/mol. The van der Waals surface area contributed by atoms with Crippen molar-refractivity contribution in [3.05, 3.63) is 83.7 Å². The maximum Gasteiger partial charge on any atom is 0.245 e. The van der Waals surface area contributed by atoms with E-state index in [4.69, 9.17) is 0 Å². The molecule has 0 fully saturated rings. The molecule has 1 heterocycles. The number of nitrogens with one attached hydrogen (secondary N) is 2. The molecule has 5 nitrogen and oxygen atoms in total. The van der Waals surface area contributed by atoms with E-state index in [0.717, 1.165) is 29.5 Å². The summed E-state index contributed by atoms with van der Waals surface area (Å²) in [6, 6.07) is 23.9. The second kappa shape index (κ2) is 10.4. The molecule has 164 valence electrons. The van der Waals surface area contributed by atoms with E-state index < -0.39 is 12.1 Å². The number of thiazole rings is 1. The smallest absolute Gasteiger partial charge is 0.245 e. The van der Waals surface area contributed by atoms with Crippen molar-refractivity contribution in [2.24, 2.45) is 0 Å². The Bertz CT molecular complexity index is 1170. The van der Waals surface area contributed by atoms with Gasteiger partial charge in [-0.25, -0.2) is 4.98 Å². The van der Waals surface area contributed by atoms with E-state index in [0.29, 0.717) is 11.7 Å². The first kappa shape index (κ1) is 22.0. The number of aryl methyl sites for hydroxylation is 1. The molecule has 2 atom stereocenters. The van der Waals surface area contributed by atoms with E-state index in [2.05, 4.69) is 52.0 Å². The normalized spacial score (nSPS) is 12.9. The molecule has 0 radical (unpaired) electrons. The highest BCUT2D eigenvalue weighted by atomic mass is 32.1. The molecule has 4 aromatic rings. The Morgan fingerprint density at radius 3 is 2.56 bits per heavy atom. The van der Waals surface area contributed by atoms with Crippen molar-refractivity contribution >= 4 is 33.1 Å². The summed E-state index contributed by atoms with van der Waals surface area (Å²) in [6.07, 6.45) is 0.887. The van der Waals surface area contributed by atoms with Crippen molar-refractivity contribution in [2.45, 2.75) is 31.9 Å². The summed E-state index contributed by atoms with van der Waals surface area (Å²) in [5, 5.41) is 21.1. The van der Waals surface area contributed by atoms with Crippen LogP contribution in [0.5, 0.6) is 0 Å². The number of rotatable bonds is 9. The number of fused-ring (bicyclic) bond motifs is 1. The van der Waals surface area contributed by atoms with Crippen molar-refractivity contribution in [3.8, 4) is 11.3 Å². The van der Waals surface area contributed by atoms with Gasteiger partial charge >= 0.3 is 0 Å². The zero-order chi connectivity index (χ0) is 22.3. The monoisotopic (exact) mass is 445 g/mol. The molecule has 0 unspecified atom stereocenters. The fourth-order valence-electron chi connectivity index (χ4n) is 3.62. The first-order chi connectivity index (χ1) is 15.6. The number of aromatic nitrogens is 1. The zero-order valence-corrected chi connectivity index (χ0v) is 18.8. The van der Waals surface area contributed by atoms with E-state index in [1.807, 2.05) is 41.8 Å². The number of benzene rings is 3. The minimum atomic E-state index is -0.850. The van der Waals surface area contributed by atoms with Crippen LogP contribution in [-0.4, -0.2) is 34.7 Å². The number of hydrogen-bond donors (Lipinski definition) is 3. The number of anilines is 1. The topological polar surface area (TPSA) is 74.2 Å². The van der Waals surface area contributed by atoms with Crippen LogP contribution < -0.4 is 10.6 Å². The molecule has 3 N–H and O–H groups in total. The molecule has 0 aliphatic heterocycles. The number of nitrogens with zero attached hydrogens (tertiary/aromatic N) is 1. The Morgan fingerprint density at radius 1 is 1.03 bits per heavy atom. The molecule has 0 aliphatic rings. The van der Waals surface area contributed by atoms with E-state index in [-0.39, 0.29) is 5.91 Å². The van der Waals surface area contributed by atoms with Gasteiger partial charge in [0.05, 0.1) is 11.8 Å². The predicted octanol–water partition coefficient (Wildman–Crippen LogP) is 4.87. The van der Waals surface area contributed by atoms with Crippen molar-refractivity contribution in [3.63, 3.8) is 0 Å². The lowest BCUT2D eigenvalue weighted by molar-refractivity contribution is -0.123. The standard InChI is InChI=1S/C26H27N3O2S/c1-18(30)24(25(31)27-15-7-10-19-8-3-2-4-9-19)29-26-28-23(17-32-26)22-14-13-20-11-5-6-12-21(20)16-22/h2-6,8-9,11-14,16-18,24,30H,7,10,15H2,1H3,(H,27,31)(H,28,29)/t18-,24+/m1/s1. The highest BCUT2D eigenvalue weighted by Gasteiger charge is 2.24. The third-order valence-corrected chi connectivity index (χ3v) is 6.15. The van der Waals surface area contributed by atoms with Gasteiger partial charge in [0.1, 0.15) is 6.04 Å². The molecule has 0 saturated carbocycles. The molecule has 0 spiro atoms. The van der Waals surface area contributed by atoms with Gasteiger partial charge in [0.15, 0.2) is 5.13 Å². The summed E-state index contributed by atoms with van der Waals surface area (Å²) in [5.41, 5.74) is 3.11. The third kappa shape index (κ3) is 5.52. The van der Waals surface area contributed by atoms with E-state index in [1.165, 1.54) is 22.3 Å². The molecule has 0 bridgehead atoms. The number of aliphatic hydroxyl groups excluding tert-OH is 1. The Labute approximate surface area is 192 Å². The molecule has 1 aromatic heterocycles. The fourth-order valence-corrected chi connectivity index (χ4v) is 4.38. The Hall–Kier alpha value is -3.22. The SMILES string of the molecule is C[C@@H](O)[C@H](Nc1nc(-c2ccc3ccccc3c2)cs1)C(=O)NCCCc1ccccc1. The van der Waals surface area contributed by atoms with Crippen LogP contribution in [0.4, 0.5) is 5.13 Å². The molecular formula is C26H27N3O2S. The third-order valence-electron chi connectivity index (χ3n) is 5.38. The van der Waals surface area contributed by atoms with Crippen LogP contribution >= 0.6 is 11.3 Å². The molecule has 3 aromatic carbocycles. The molecule has 1 amide bonds. The first-order valence-electron chi connectivity index (χ1n) is 10.8. The lowest BCUT2D eigenvalue weighted by Crippen LogP contribution is -2.46. The highest BCUT2D eigenvalue weighted by Crippen LogP contribution is 2.28. The van der Waals surface area contributed by atoms with Crippen LogP contribution in [0.15, 0.2) is 78.2 Å². The Morgan fingerprint density at radius 2 is 1.78 bits per heavy atom. The summed E-state index contributed by atoms with van der Waals surface area (Å²) >= 11 is 1.43. The van der Waals surface area contributed by atoms with Crippen molar-refractivity contribution in [1.82, 2.24) is 10.3 Å². The zero-order valence-electron chi connectivity index (χ0n) is 18.0. The minimum Gasteiger partial charge on any atom is -0.391 e. The van der Waals surface area contributed by atoms with Gasteiger partial charge in [0.25, 0.3) is 0 Å². The van der Waals surface area contributed by atoms with E-state index in [1.54, 1.807) is 6.92 Å². The van der Waals surface area contributed by atoms with Gasteiger partial charge in [-0.1, -0.05) is 66.7 Å². The van der Waals surface area contributed by atoms with Crippen molar-refractivity contribution in [1.29, 1.82) is 0 Å². The summed E-state index contributed by atoms with van der Waals surface area (Å²) < 4.78 is 0. The second-order valence-electron chi connectivity index (χ2n) is 7.84. The number of amides is 1. The number of aliphatic hydroxyl groups is 1. The maximum absolute atomic E-state index is 12.7. The number of hydrogen-bond acceptors (Lipinski definition) is 5. The summed E-state index contributed by atoms with van der Waals surface area (Å²) in [5.74, 6) is -0.226. The highest BCUT2D eigenvalue weighted by molar-refractivity contribution is 7.14. The number of carbonyl (C=O) groups is 1. The summed E-state index contributed by atoms with van der Waals surface area (Å²) in [4.78, 5) is 17.3. The van der Waals surface area contributed by atoms with Gasteiger partial charge in [0.2, 0.25) is 5.91 Å². The molecule has 0 aliphatic carbocycles. The van der Waals surface area contributed by atoms with Crippen LogP contribution in [0.25, 0.3) is 22.0 Å². The van der Waals surface area contributed by atoms with Gasteiger partial charge in [-0.05, 0) is 42.2 Å². The molecule has 4 rings (SSSR count). The van der Waals surface area contributed by atoms with E-state index >= 15 is 0 Å². The molecule has 32 heavy (non-hydrogen) atoms. The Kier molecular flexibility index (Phi) is 7.14. The van der Waals surface area contributed by atoms with Crippen LogP contribution in [0.1, 0.15) is 18.9 Å². The van der Waals surface area contributed by atoms with Gasteiger partial charge in [-0.2, -0.15) is 0 Å². The fraction of sp³-hybridized carbons (Fsp3) is 0.231. The summed E-state index contributed by atoms with van der Waals surface area (Å²) in [7, 11) is 0. The average Bonchev–Trinajstić information content (AvgIpc) is 3.29. The summed E-state index contributed by atoms with van der Waals surface area (Å²) in [6.45, 7) is 2.16. The quantitative estimate of drug-likeness (QED) is 0.321. The first-order valence-corrected chi connectivity index (χ1v) is 11.7. The number of carbonyl (C=O) groups excluding carboxylic acids is 1. The average molecular weight is 446 g/mol. The lowest BCUT2D eigenvalue weighted by Gasteiger charge is -2.20. The molecule has 0 saturated heterocycles. The Balaban J connectivity index is 1.36. The van der Waals surface area contributed by atoms with Crippen LogP contribution in [0, 0.1) is 0 Å². The molecular weight excluding hydrogens is 418 g/mol. The maximum atomic E-state index is 12.7. The largest absolute Gasteiger partial charge is 0.391 e. The van der Waals surface area contributed by atoms with Crippen LogP contribution in [-0.2, 0) is 11.2 Å². The lowest BCUT2D eigenvalue weighted by atomic mass is 10.1. The van der Waals surface area contributed by atoms with Gasteiger partial charge in [-0.3, -0.25) is 4.79 Å². The van der Waals surface area contributed by atoms with Crippen LogP contribution in [0.3, 0.4) is 0 Å². The molecule has 6 heteroatoms. The van der Waals surface area contributed by atoms with Crippen LogP contribution in [0.2, 0.25) is 0 Å². The second-order valence-corrected chi connectivity index (χ2v) is 8.70. The van der Waals surface area contributed by atoms with Crippen molar-refractivity contribution in [2.75, 3.05) is 11.9 Å².